The van der Waals surface area contributed by atoms with E-state index < -0.39 is 11.9 Å². The first-order valence-corrected chi connectivity index (χ1v) is 7.55. The number of likely N-dealkylation sites (tertiary alicyclic amines) is 1. The van der Waals surface area contributed by atoms with Crippen LogP contribution in [0.4, 0.5) is 0 Å². The first-order valence-electron chi connectivity index (χ1n) is 7.55. The number of aryl methyl sites for hydroxylation is 1. The number of benzene rings is 1. The van der Waals surface area contributed by atoms with E-state index in [0.29, 0.717) is 12.5 Å². The molecule has 0 radical (unpaired) electrons. The Kier molecular flexibility index (Phi) is 4.66. The van der Waals surface area contributed by atoms with Gasteiger partial charge in [-0.3, -0.25) is 9.59 Å². The number of aliphatic carboxylic acids is 1. The average Bonchev–Trinajstić information content (AvgIpc) is 2.76. The van der Waals surface area contributed by atoms with Gasteiger partial charge in [0.1, 0.15) is 0 Å². The molecule has 1 aromatic carbocycles. The lowest BCUT2D eigenvalue weighted by molar-refractivity contribution is -0.142. The van der Waals surface area contributed by atoms with Crippen LogP contribution in [-0.4, -0.2) is 28.4 Å². The van der Waals surface area contributed by atoms with Crippen molar-refractivity contribution >= 4 is 11.9 Å². The van der Waals surface area contributed by atoms with Crippen LogP contribution >= 0.6 is 0 Å². The number of hydrogen-bond acceptors (Lipinski definition) is 2. The molecular weight excluding hydrogens is 266 g/mol. The third kappa shape index (κ3) is 3.26. The standard InChI is InChI=1S/C17H23NO3/c1-4-12-5-7-13(8-6-12)16-14(17(20)21)9-15(19)18(16)10-11(2)3/h5-8,11,14,16H,4,9-10H2,1-3H3,(H,20,21). The highest BCUT2D eigenvalue weighted by Gasteiger charge is 2.44. The second-order valence-corrected chi connectivity index (χ2v) is 6.13. The van der Waals surface area contributed by atoms with Crippen LogP contribution < -0.4 is 0 Å². The van der Waals surface area contributed by atoms with Gasteiger partial charge in [-0.25, -0.2) is 0 Å². The molecule has 21 heavy (non-hydrogen) atoms. The van der Waals surface area contributed by atoms with Gasteiger partial charge < -0.3 is 10.0 Å². The van der Waals surface area contributed by atoms with E-state index in [4.69, 9.17) is 0 Å². The van der Waals surface area contributed by atoms with Crippen molar-refractivity contribution in [1.82, 2.24) is 4.90 Å². The molecule has 114 valence electrons. The Morgan fingerprint density at radius 3 is 2.43 bits per heavy atom. The van der Waals surface area contributed by atoms with E-state index in [1.165, 1.54) is 5.56 Å². The van der Waals surface area contributed by atoms with E-state index in [0.717, 1.165) is 12.0 Å². The molecular formula is C17H23NO3. The number of nitrogens with zero attached hydrogens (tertiary/aromatic N) is 1. The summed E-state index contributed by atoms with van der Waals surface area (Å²) in [5.41, 5.74) is 2.14. The lowest BCUT2D eigenvalue weighted by Crippen LogP contribution is -2.33. The zero-order chi connectivity index (χ0) is 15.6. The summed E-state index contributed by atoms with van der Waals surface area (Å²) < 4.78 is 0. The minimum absolute atomic E-state index is 0.0549. The molecule has 0 bridgehead atoms. The average molecular weight is 289 g/mol. The van der Waals surface area contributed by atoms with E-state index in [1.54, 1.807) is 4.90 Å². The Morgan fingerprint density at radius 2 is 1.95 bits per heavy atom. The van der Waals surface area contributed by atoms with Crippen molar-refractivity contribution in [1.29, 1.82) is 0 Å². The number of rotatable bonds is 5. The van der Waals surface area contributed by atoms with E-state index in [2.05, 4.69) is 6.92 Å². The Balaban J connectivity index is 2.35. The Bertz CT molecular complexity index is 521. The predicted molar refractivity (Wildman–Crippen MR) is 80.9 cm³/mol. The summed E-state index contributed by atoms with van der Waals surface area (Å²) in [6, 6.07) is 7.62. The van der Waals surface area contributed by atoms with Gasteiger partial charge in [-0.05, 0) is 23.5 Å². The fraction of sp³-hybridized carbons (Fsp3) is 0.529. The molecule has 4 nitrogen and oxygen atoms in total. The summed E-state index contributed by atoms with van der Waals surface area (Å²) >= 11 is 0. The zero-order valence-electron chi connectivity index (χ0n) is 12.9. The second kappa shape index (κ2) is 6.29. The van der Waals surface area contributed by atoms with Crippen LogP contribution in [0.25, 0.3) is 0 Å². The Hall–Kier alpha value is -1.84. The Morgan fingerprint density at radius 1 is 1.33 bits per heavy atom. The van der Waals surface area contributed by atoms with Crippen LogP contribution in [-0.2, 0) is 16.0 Å². The quantitative estimate of drug-likeness (QED) is 0.906. The molecule has 0 aromatic heterocycles. The lowest BCUT2D eigenvalue weighted by Gasteiger charge is -2.29. The number of amides is 1. The van der Waals surface area contributed by atoms with Crippen molar-refractivity contribution in [2.75, 3.05) is 6.54 Å². The van der Waals surface area contributed by atoms with Gasteiger partial charge in [0.25, 0.3) is 0 Å². The molecule has 0 spiro atoms. The first-order chi connectivity index (χ1) is 9.93. The number of hydrogen-bond donors (Lipinski definition) is 1. The van der Waals surface area contributed by atoms with Gasteiger partial charge >= 0.3 is 5.97 Å². The number of carboxylic acid groups (broad SMARTS) is 1. The zero-order valence-corrected chi connectivity index (χ0v) is 12.9. The molecule has 1 amide bonds. The number of carbonyl (C=O) groups is 2. The highest BCUT2D eigenvalue weighted by atomic mass is 16.4. The fourth-order valence-corrected chi connectivity index (χ4v) is 2.98. The van der Waals surface area contributed by atoms with Crippen molar-refractivity contribution in [2.24, 2.45) is 11.8 Å². The summed E-state index contributed by atoms with van der Waals surface area (Å²) in [5, 5.41) is 9.44. The molecule has 2 unspecified atom stereocenters. The molecule has 1 N–H and O–H groups in total. The second-order valence-electron chi connectivity index (χ2n) is 6.13. The van der Waals surface area contributed by atoms with Crippen LogP contribution in [0.1, 0.15) is 44.4 Å². The van der Waals surface area contributed by atoms with Gasteiger partial charge in [-0.2, -0.15) is 0 Å². The van der Waals surface area contributed by atoms with Crippen LogP contribution in [0.5, 0.6) is 0 Å². The molecule has 2 rings (SSSR count). The minimum atomic E-state index is -0.890. The lowest BCUT2D eigenvalue weighted by atomic mass is 9.92. The monoisotopic (exact) mass is 289 g/mol. The third-order valence-corrected chi connectivity index (χ3v) is 4.04. The van der Waals surface area contributed by atoms with E-state index in [-0.39, 0.29) is 18.4 Å². The number of carboxylic acids is 1. The molecule has 1 heterocycles. The Labute approximate surface area is 125 Å². The maximum absolute atomic E-state index is 12.2. The molecule has 1 aliphatic heterocycles. The fourth-order valence-electron chi connectivity index (χ4n) is 2.98. The van der Waals surface area contributed by atoms with Crippen LogP contribution in [0.3, 0.4) is 0 Å². The molecule has 1 aliphatic rings. The van der Waals surface area contributed by atoms with Crippen molar-refractivity contribution < 1.29 is 14.7 Å². The van der Waals surface area contributed by atoms with Crippen LogP contribution in [0.2, 0.25) is 0 Å². The first kappa shape index (κ1) is 15.5. The van der Waals surface area contributed by atoms with Crippen molar-refractivity contribution in [3.05, 3.63) is 35.4 Å². The van der Waals surface area contributed by atoms with Crippen LogP contribution in [0.15, 0.2) is 24.3 Å². The molecule has 2 atom stereocenters. The molecule has 0 saturated carbocycles. The summed E-state index contributed by atoms with van der Waals surface area (Å²) in [7, 11) is 0. The van der Waals surface area contributed by atoms with Crippen LogP contribution in [0, 0.1) is 11.8 Å². The maximum Gasteiger partial charge on any atom is 0.309 e. The summed E-state index contributed by atoms with van der Waals surface area (Å²) in [5.74, 6) is -1.28. The van der Waals surface area contributed by atoms with Crippen molar-refractivity contribution in [2.45, 2.75) is 39.7 Å². The SMILES string of the molecule is CCc1ccc(C2C(C(=O)O)CC(=O)N2CC(C)C)cc1. The van der Waals surface area contributed by atoms with Crippen molar-refractivity contribution in [3.63, 3.8) is 0 Å². The van der Waals surface area contributed by atoms with Gasteiger partial charge in [-0.15, -0.1) is 0 Å². The molecule has 1 saturated heterocycles. The molecule has 4 heteroatoms. The van der Waals surface area contributed by atoms with Gasteiger partial charge in [0.15, 0.2) is 0 Å². The summed E-state index contributed by atoms with van der Waals surface area (Å²) in [6.07, 6.45) is 1.05. The summed E-state index contributed by atoms with van der Waals surface area (Å²) in [4.78, 5) is 25.4. The topological polar surface area (TPSA) is 57.6 Å². The van der Waals surface area contributed by atoms with Gasteiger partial charge in [0, 0.05) is 13.0 Å². The number of carbonyl (C=O) groups excluding carboxylic acids is 1. The smallest absolute Gasteiger partial charge is 0.309 e. The normalized spacial score (nSPS) is 22.1. The maximum atomic E-state index is 12.2. The molecule has 1 fully saturated rings. The predicted octanol–water partition coefficient (Wildman–Crippen LogP) is 2.88. The minimum Gasteiger partial charge on any atom is -0.481 e. The van der Waals surface area contributed by atoms with Crippen molar-refractivity contribution in [3.8, 4) is 0 Å². The molecule has 1 aromatic rings. The highest BCUT2D eigenvalue weighted by molar-refractivity contribution is 5.87. The highest BCUT2D eigenvalue weighted by Crippen LogP contribution is 2.38. The van der Waals surface area contributed by atoms with E-state index in [9.17, 15) is 14.7 Å². The van der Waals surface area contributed by atoms with E-state index >= 15 is 0 Å². The third-order valence-electron chi connectivity index (χ3n) is 4.04. The van der Waals surface area contributed by atoms with E-state index in [1.807, 2.05) is 38.1 Å². The van der Waals surface area contributed by atoms with Gasteiger partial charge in [-0.1, -0.05) is 45.0 Å². The molecule has 0 aliphatic carbocycles. The largest absolute Gasteiger partial charge is 0.481 e. The van der Waals surface area contributed by atoms with Gasteiger partial charge in [0.2, 0.25) is 5.91 Å². The summed E-state index contributed by atoms with van der Waals surface area (Å²) in [6.45, 7) is 6.76. The van der Waals surface area contributed by atoms with Gasteiger partial charge in [0.05, 0.1) is 12.0 Å².